The van der Waals surface area contributed by atoms with Gasteiger partial charge in [0.05, 0.1) is 18.2 Å². The van der Waals surface area contributed by atoms with Crippen LogP contribution in [0.4, 0.5) is 0 Å². The molecule has 66 valence electrons. The maximum atomic E-state index is 11.1. The molecule has 0 atom stereocenters. The second-order valence-electron chi connectivity index (χ2n) is 2.90. The van der Waals surface area contributed by atoms with E-state index in [0.717, 1.165) is 5.69 Å². The number of aromatic amines is 1. The number of imidazole rings is 1. The van der Waals surface area contributed by atoms with Gasteiger partial charge in [-0.15, -0.1) is 0 Å². The number of carbonyl (C=O) groups excluding carboxylic acids is 1. The fraction of sp³-hybridized carbons (Fsp3) is 0.333. The number of H-pyrrole nitrogens is 1. The van der Waals surface area contributed by atoms with Gasteiger partial charge in [0.2, 0.25) is 0 Å². The minimum absolute atomic E-state index is 0. The monoisotopic (exact) mass is 166 g/mol. The van der Waals surface area contributed by atoms with Crippen LogP contribution < -0.4 is 0 Å². The minimum atomic E-state index is 0. The highest BCUT2D eigenvalue weighted by atomic mass is 16.1. The molecule has 0 aliphatic carbocycles. The van der Waals surface area contributed by atoms with Gasteiger partial charge >= 0.3 is 0 Å². The van der Waals surface area contributed by atoms with Crippen LogP contribution in [0.3, 0.4) is 0 Å². The molecule has 0 unspecified atom stereocenters. The molecule has 1 N–H and O–H groups in total. The number of carbonyl (C=O) groups is 1. The smallest absolute Gasteiger partial charge is 0.158 e. The maximum absolute atomic E-state index is 11.1. The molecule has 1 aromatic rings. The lowest BCUT2D eigenvalue weighted by Gasteiger charge is -1.94. The third-order valence-electron chi connectivity index (χ3n) is 1.52. The average molecular weight is 166 g/mol. The second-order valence-corrected chi connectivity index (χ2v) is 2.90. The fourth-order valence-electron chi connectivity index (χ4n) is 0.722. The Kier molecular flexibility index (Phi) is 2.80. The first-order chi connectivity index (χ1) is 5.70. The molecule has 1 aromatic heterocycles. The van der Waals surface area contributed by atoms with Gasteiger partial charge in [-0.2, -0.15) is 0 Å². The molecule has 0 saturated heterocycles. The molecule has 0 amide bonds. The summed E-state index contributed by atoms with van der Waals surface area (Å²) in [5.74, 6) is 0.189. The summed E-state index contributed by atoms with van der Waals surface area (Å²) in [5.41, 5.74) is 0.851. The van der Waals surface area contributed by atoms with E-state index in [2.05, 4.69) is 9.97 Å². The molecule has 12 heavy (non-hydrogen) atoms. The Morgan fingerprint density at radius 2 is 2.50 bits per heavy atom. The van der Waals surface area contributed by atoms with Crippen molar-refractivity contribution in [3.63, 3.8) is 0 Å². The molecule has 3 nitrogen and oxygen atoms in total. The van der Waals surface area contributed by atoms with E-state index in [1.165, 1.54) is 0 Å². The number of nitrogens with zero attached hydrogens (tertiary/aromatic N) is 1. The van der Waals surface area contributed by atoms with Crippen LogP contribution in [0.25, 0.3) is 6.08 Å². The summed E-state index contributed by atoms with van der Waals surface area (Å²) in [4.78, 5) is 17.8. The summed E-state index contributed by atoms with van der Waals surface area (Å²) in [6.45, 7) is 3.75. The lowest BCUT2D eigenvalue weighted by atomic mass is 10.1. The van der Waals surface area contributed by atoms with Crippen molar-refractivity contribution in [2.75, 3.05) is 0 Å². The van der Waals surface area contributed by atoms with Crippen molar-refractivity contribution in [1.29, 1.82) is 0 Å². The molecule has 1 heterocycles. The van der Waals surface area contributed by atoms with Crippen molar-refractivity contribution in [2.24, 2.45) is 5.92 Å². The predicted molar refractivity (Wildman–Crippen MR) is 49.6 cm³/mol. The SMILES string of the molecule is CC(C)C(=O)/C=C/c1cnc[nH]1.[HH]. The summed E-state index contributed by atoms with van der Waals surface area (Å²) in [6, 6.07) is 0. The zero-order valence-electron chi connectivity index (χ0n) is 7.24. The quantitative estimate of drug-likeness (QED) is 0.697. The minimum Gasteiger partial charge on any atom is -0.345 e. The molecule has 3 heteroatoms. The Labute approximate surface area is 73.0 Å². The van der Waals surface area contributed by atoms with E-state index in [4.69, 9.17) is 0 Å². The molecule has 0 aliphatic rings. The van der Waals surface area contributed by atoms with Crippen LogP contribution in [-0.2, 0) is 4.79 Å². The Balaban J connectivity index is 0.00000144. The molecule has 0 bridgehead atoms. The number of nitrogens with one attached hydrogen (secondary N) is 1. The molecule has 0 aliphatic heterocycles. The van der Waals surface area contributed by atoms with Gasteiger partial charge in [-0.1, -0.05) is 13.8 Å². The highest BCUT2D eigenvalue weighted by molar-refractivity contribution is 5.94. The van der Waals surface area contributed by atoms with Crippen LogP contribution in [0.2, 0.25) is 0 Å². The van der Waals surface area contributed by atoms with Gasteiger partial charge in [-0.25, -0.2) is 4.98 Å². The van der Waals surface area contributed by atoms with Crippen molar-refractivity contribution in [3.05, 3.63) is 24.3 Å². The van der Waals surface area contributed by atoms with E-state index in [-0.39, 0.29) is 13.1 Å². The maximum Gasteiger partial charge on any atom is 0.158 e. The third-order valence-corrected chi connectivity index (χ3v) is 1.52. The Bertz CT molecular complexity index is 278. The van der Waals surface area contributed by atoms with E-state index < -0.39 is 0 Å². The Morgan fingerprint density at radius 3 is 3.00 bits per heavy atom. The van der Waals surface area contributed by atoms with Crippen LogP contribution >= 0.6 is 0 Å². The van der Waals surface area contributed by atoms with Gasteiger partial charge in [-0.3, -0.25) is 4.79 Å². The van der Waals surface area contributed by atoms with Crippen LogP contribution in [-0.4, -0.2) is 15.8 Å². The zero-order chi connectivity index (χ0) is 8.97. The van der Waals surface area contributed by atoms with Crippen LogP contribution in [0.5, 0.6) is 0 Å². The number of aromatic nitrogens is 2. The van der Waals surface area contributed by atoms with Crippen molar-refractivity contribution in [2.45, 2.75) is 13.8 Å². The number of allylic oxidation sites excluding steroid dienone is 1. The van der Waals surface area contributed by atoms with E-state index in [0.29, 0.717) is 0 Å². The van der Waals surface area contributed by atoms with Gasteiger partial charge in [0.15, 0.2) is 5.78 Å². The van der Waals surface area contributed by atoms with Crippen molar-refractivity contribution in [1.82, 2.24) is 9.97 Å². The van der Waals surface area contributed by atoms with Gasteiger partial charge in [0, 0.05) is 7.34 Å². The summed E-state index contributed by atoms with van der Waals surface area (Å²) in [7, 11) is 0. The molecule has 0 aromatic carbocycles. The predicted octanol–water partition coefficient (Wildman–Crippen LogP) is 1.89. The molecule has 1 rings (SSSR count). The molecule has 0 spiro atoms. The normalized spacial score (nSPS) is 11.2. The summed E-state index contributed by atoms with van der Waals surface area (Å²) in [5, 5.41) is 0. The first-order valence-corrected chi connectivity index (χ1v) is 3.90. The highest BCUT2D eigenvalue weighted by Crippen LogP contribution is 1.99. The second kappa shape index (κ2) is 3.85. The van der Waals surface area contributed by atoms with Gasteiger partial charge in [0.1, 0.15) is 0 Å². The number of hydrogen-bond donors (Lipinski definition) is 1. The molecule has 0 fully saturated rings. The topological polar surface area (TPSA) is 45.8 Å². The average Bonchev–Trinajstić information content (AvgIpc) is 2.51. The van der Waals surface area contributed by atoms with Crippen LogP contribution in [0, 0.1) is 5.92 Å². The Morgan fingerprint density at radius 1 is 1.75 bits per heavy atom. The summed E-state index contributed by atoms with van der Waals surface area (Å²) >= 11 is 0. The van der Waals surface area contributed by atoms with Gasteiger partial charge in [0.25, 0.3) is 0 Å². The van der Waals surface area contributed by atoms with Crippen LogP contribution in [0.15, 0.2) is 18.6 Å². The Hall–Kier alpha value is -1.38. The van der Waals surface area contributed by atoms with E-state index in [9.17, 15) is 4.79 Å². The number of hydrogen-bond acceptors (Lipinski definition) is 2. The van der Waals surface area contributed by atoms with Gasteiger partial charge < -0.3 is 4.98 Å². The van der Waals surface area contributed by atoms with Crippen molar-refractivity contribution in [3.8, 4) is 0 Å². The number of rotatable bonds is 3. The first kappa shape index (κ1) is 8.71. The summed E-state index contributed by atoms with van der Waals surface area (Å²) in [6.07, 6.45) is 6.55. The van der Waals surface area contributed by atoms with Crippen LogP contribution in [0.1, 0.15) is 21.0 Å². The molecule has 0 saturated carbocycles. The van der Waals surface area contributed by atoms with E-state index in [1.54, 1.807) is 24.7 Å². The fourth-order valence-corrected chi connectivity index (χ4v) is 0.722. The van der Waals surface area contributed by atoms with Crippen molar-refractivity contribution < 1.29 is 6.22 Å². The lowest BCUT2D eigenvalue weighted by molar-refractivity contribution is -0.117. The standard InChI is InChI=1S/C9H12N2O.H2/c1-7(2)9(12)4-3-8-5-10-6-11-8;/h3-7H,1-2H3,(H,10,11);1H/b4-3+;. The third kappa shape index (κ3) is 2.34. The zero-order valence-corrected chi connectivity index (χ0v) is 7.24. The molecule has 0 radical (unpaired) electrons. The largest absolute Gasteiger partial charge is 0.345 e. The molecular weight excluding hydrogens is 152 g/mol. The molecular formula is C9H14N2O. The van der Waals surface area contributed by atoms with E-state index in [1.807, 2.05) is 13.8 Å². The first-order valence-electron chi connectivity index (χ1n) is 3.90. The lowest BCUT2D eigenvalue weighted by Crippen LogP contribution is -2.01. The number of ketones is 1. The highest BCUT2D eigenvalue weighted by Gasteiger charge is 2.01. The summed E-state index contributed by atoms with van der Waals surface area (Å²) < 4.78 is 0. The van der Waals surface area contributed by atoms with E-state index >= 15 is 0 Å². The van der Waals surface area contributed by atoms with Gasteiger partial charge in [-0.05, 0) is 12.2 Å². The van der Waals surface area contributed by atoms with Crippen molar-refractivity contribution >= 4 is 11.9 Å².